The number of thioether (sulfide) groups is 1. The van der Waals surface area contributed by atoms with Crippen LogP contribution in [0.4, 0.5) is 0 Å². The molecule has 26 heavy (non-hydrogen) atoms. The Morgan fingerprint density at radius 2 is 1.88 bits per heavy atom. The van der Waals surface area contributed by atoms with Gasteiger partial charge < -0.3 is 9.88 Å². The summed E-state index contributed by atoms with van der Waals surface area (Å²) < 4.78 is 4.27. The van der Waals surface area contributed by atoms with Crippen LogP contribution in [0.5, 0.6) is 0 Å². The molecule has 0 bridgehead atoms. The SMILES string of the molecule is CC(C)n1c(SCC(=O)NC2CCCC2)nc2c1c(=O)n(C)c(=O)n2C. The molecule has 0 spiro atoms. The molecule has 2 aromatic heterocycles. The molecule has 0 atom stereocenters. The summed E-state index contributed by atoms with van der Waals surface area (Å²) in [5.74, 6) is 0.215. The molecule has 1 aliphatic carbocycles. The highest BCUT2D eigenvalue weighted by Gasteiger charge is 2.22. The van der Waals surface area contributed by atoms with Gasteiger partial charge in [-0.25, -0.2) is 9.78 Å². The van der Waals surface area contributed by atoms with Crippen molar-refractivity contribution in [3.05, 3.63) is 20.8 Å². The third-order valence-corrected chi connectivity index (χ3v) is 5.78. The number of imidazole rings is 1. The van der Waals surface area contributed by atoms with Crippen LogP contribution in [0.15, 0.2) is 14.7 Å². The normalized spacial score (nSPS) is 15.3. The summed E-state index contributed by atoms with van der Waals surface area (Å²) in [6.07, 6.45) is 4.41. The molecule has 8 nitrogen and oxygen atoms in total. The zero-order valence-electron chi connectivity index (χ0n) is 15.6. The van der Waals surface area contributed by atoms with E-state index in [1.54, 1.807) is 7.05 Å². The van der Waals surface area contributed by atoms with Gasteiger partial charge in [0.05, 0.1) is 5.75 Å². The van der Waals surface area contributed by atoms with Gasteiger partial charge in [0.1, 0.15) is 0 Å². The third-order valence-electron chi connectivity index (χ3n) is 4.83. The van der Waals surface area contributed by atoms with Crippen LogP contribution in [-0.4, -0.2) is 36.4 Å². The number of fused-ring (bicyclic) bond motifs is 1. The van der Waals surface area contributed by atoms with E-state index in [1.165, 1.54) is 36.2 Å². The van der Waals surface area contributed by atoms with Crippen molar-refractivity contribution in [2.75, 3.05) is 5.75 Å². The molecule has 0 radical (unpaired) electrons. The van der Waals surface area contributed by atoms with E-state index in [2.05, 4.69) is 10.3 Å². The number of hydrogen-bond donors (Lipinski definition) is 1. The second kappa shape index (κ2) is 7.30. The van der Waals surface area contributed by atoms with Crippen LogP contribution in [0.2, 0.25) is 0 Å². The largest absolute Gasteiger partial charge is 0.353 e. The lowest BCUT2D eigenvalue weighted by atomic mass is 10.2. The summed E-state index contributed by atoms with van der Waals surface area (Å²) in [6, 6.07) is 0.255. The Kier molecular flexibility index (Phi) is 5.27. The van der Waals surface area contributed by atoms with E-state index in [9.17, 15) is 14.4 Å². The van der Waals surface area contributed by atoms with E-state index in [4.69, 9.17) is 0 Å². The fourth-order valence-corrected chi connectivity index (χ4v) is 4.38. The van der Waals surface area contributed by atoms with Gasteiger partial charge in [0.2, 0.25) is 5.91 Å². The maximum Gasteiger partial charge on any atom is 0.332 e. The smallest absolute Gasteiger partial charge is 0.332 e. The Morgan fingerprint density at radius 1 is 1.23 bits per heavy atom. The van der Waals surface area contributed by atoms with Crippen molar-refractivity contribution in [1.29, 1.82) is 0 Å². The number of aromatic nitrogens is 4. The molecule has 142 valence electrons. The van der Waals surface area contributed by atoms with Gasteiger partial charge >= 0.3 is 5.69 Å². The topological polar surface area (TPSA) is 90.9 Å². The highest BCUT2D eigenvalue weighted by molar-refractivity contribution is 7.99. The Hall–Kier alpha value is -2.03. The van der Waals surface area contributed by atoms with Crippen molar-refractivity contribution in [3.8, 4) is 0 Å². The zero-order valence-corrected chi connectivity index (χ0v) is 16.4. The first-order valence-electron chi connectivity index (χ1n) is 8.91. The molecule has 1 aliphatic rings. The van der Waals surface area contributed by atoms with Crippen molar-refractivity contribution in [3.63, 3.8) is 0 Å². The Bertz CT molecular complexity index is 950. The number of nitrogens with zero attached hydrogens (tertiary/aromatic N) is 4. The molecule has 0 unspecified atom stereocenters. The van der Waals surface area contributed by atoms with Crippen molar-refractivity contribution in [2.24, 2.45) is 14.1 Å². The van der Waals surface area contributed by atoms with Crippen LogP contribution in [0.25, 0.3) is 11.2 Å². The van der Waals surface area contributed by atoms with Gasteiger partial charge in [0.25, 0.3) is 5.56 Å². The van der Waals surface area contributed by atoms with Gasteiger partial charge in [-0.1, -0.05) is 24.6 Å². The first-order valence-corrected chi connectivity index (χ1v) is 9.90. The van der Waals surface area contributed by atoms with Crippen LogP contribution in [0.1, 0.15) is 45.6 Å². The summed E-state index contributed by atoms with van der Waals surface area (Å²) in [6.45, 7) is 3.91. The fourth-order valence-electron chi connectivity index (χ4n) is 3.45. The number of aryl methyl sites for hydroxylation is 1. The molecule has 1 fully saturated rings. The van der Waals surface area contributed by atoms with Crippen molar-refractivity contribution in [2.45, 2.75) is 56.8 Å². The highest BCUT2D eigenvalue weighted by atomic mass is 32.2. The van der Waals surface area contributed by atoms with Crippen LogP contribution in [-0.2, 0) is 18.9 Å². The van der Waals surface area contributed by atoms with Gasteiger partial charge in [-0.15, -0.1) is 0 Å². The molecule has 1 amide bonds. The number of carbonyl (C=O) groups excluding carboxylic acids is 1. The lowest BCUT2D eigenvalue weighted by molar-refractivity contribution is -0.119. The molecule has 0 aliphatic heterocycles. The molecule has 2 aromatic rings. The van der Waals surface area contributed by atoms with E-state index in [0.29, 0.717) is 16.3 Å². The van der Waals surface area contributed by atoms with E-state index in [-0.39, 0.29) is 29.3 Å². The number of rotatable bonds is 5. The minimum absolute atomic E-state index is 0.0222. The van der Waals surface area contributed by atoms with Crippen LogP contribution >= 0.6 is 11.8 Å². The molecule has 0 aromatic carbocycles. The van der Waals surface area contributed by atoms with E-state index in [1.807, 2.05) is 18.4 Å². The molecule has 1 saturated carbocycles. The highest BCUT2D eigenvalue weighted by Crippen LogP contribution is 2.25. The summed E-state index contributed by atoms with van der Waals surface area (Å²) in [7, 11) is 3.06. The Morgan fingerprint density at radius 3 is 2.50 bits per heavy atom. The number of nitrogens with one attached hydrogen (secondary N) is 1. The van der Waals surface area contributed by atoms with Gasteiger partial charge in [-0.3, -0.25) is 18.7 Å². The molecule has 3 rings (SSSR count). The monoisotopic (exact) mass is 379 g/mol. The van der Waals surface area contributed by atoms with Crippen LogP contribution in [0.3, 0.4) is 0 Å². The van der Waals surface area contributed by atoms with Crippen LogP contribution in [0, 0.1) is 0 Å². The predicted octanol–water partition coefficient (Wildman–Crippen LogP) is 1.17. The Labute approximate surface area is 155 Å². The first-order chi connectivity index (χ1) is 12.3. The quantitative estimate of drug-likeness (QED) is 0.788. The summed E-state index contributed by atoms with van der Waals surface area (Å²) in [4.78, 5) is 41.5. The number of hydrogen-bond acceptors (Lipinski definition) is 5. The number of amides is 1. The predicted molar refractivity (Wildman–Crippen MR) is 102 cm³/mol. The second-order valence-electron chi connectivity index (χ2n) is 7.07. The summed E-state index contributed by atoms with van der Waals surface area (Å²) in [5, 5.41) is 3.63. The average Bonchev–Trinajstić information content (AvgIpc) is 3.23. The second-order valence-corrected chi connectivity index (χ2v) is 8.02. The standard InChI is InChI=1S/C17H25N5O3S/c1-10(2)22-13-14(20(3)17(25)21(4)15(13)24)19-16(22)26-9-12(23)18-11-7-5-6-8-11/h10-11H,5-9H2,1-4H3,(H,18,23). The minimum Gasteiger partial charge on any atom is -0.353 e. The number of carbonyl (C=O) groups is 1. The van der Waals surface area contributed by atoms with Crippen molar-refractivity contribution in [1.82, 2.24) is 24.0 Å². The van der Waals surface area contributed by atoms with Gasteiger partial charge in [-0.05, 0) is 26.7 Å². The van der Waals surface area contributed by atoms with Crippen molar-refractivity contribution >= 4 is 28.8 Å². The van der Waals surface area contributed by atoms with Gasteiger partial charge in [0.15, 0.2) is 16.3 Å². The fraction of sp³-hybridized carbons (Fsp3) is 0.647. The molecule has 1 N–H and O–H groups in total. The van der Waals surface area contributed by atoms with E-state index in [0.717, 1.165) is 17.4 Å². The maximum atomic E-state index is 12.6. The minimum atomic E-state index is -0.411. The summed E-state index contributed by atoms with van der Waals surface area (Å²) in [5.41, 5.74) is -0.0354. The first kappa shape index (κ1) is 18.8. The molecular formula is C17H25N5O3S. The van der Waals surface area contributed by atoms with Gasteiger partial charge in [-0.2, -0.15) is 0 Å². The average molecular weight is 379 g/mol. The lowest BCUT2D eigenvalue weighted by Crippen LogP contribution is -2.37. The van der Waals surface area contributed by atoms with E-state index >= 15 is 0 Å². The lowest BCUT2D eigenvalue weighted by Gasteiger charge is -2.14. The Balaban J connectivity index is 1.93. The molecule has 0 saturated heterocycles. The zero-order chi connectivity index (χ0) is 19.0. The molecule has 2 heterocycles. The maximum absolute atomic E-state index is 12.6. The van der Waals surface area contributed by atoms with E-state index < -0.39 is 5.69 Å². The molecular weight excluding hydrogens is 354 g/mol. The third kappa shape index (κ3) is 3.32. The molecule has 9 heteroatoms. The van der Waals surface area contributed by atoms with Crippen LogP contribution < -0.4 is 16.6 Å². The summed E-state index contributed by atoms with van der Waals surface area (Å²) >= 11 is 1.30. The van der Waals surface area contributed by atoms with Gasteiger partial charge in [0, 0.05) is 26.2 Å². The van der Waals surface area contributed by atoms with Crippen molar-refractivity contribution < 1.29 is 4.79 Å².